The Balaban J connectivity index is 1.52. The van der Waals surface area contributed by atoms with E-state index in [0.29, 0.717) is 24.3 Å². The second kappa shape index (κ2) is 9.65. The molecule has 1 saturated heterocycles. The van der Waals surface area contributed by atoms with Gasteiger partial charge >= 0.3 is 0 Å². The fourth-order valence-electron chi connectivity index (χ4n) is 4.57. The number of pyridine rings is 2. The molecule has 1 aliphatic rings. The highest BCUT2D eigenvalue weighted by molar-refractivity contribution is 7.92. The molecule has 1 aliphatic heterocycles. The van der Waals surface area contributed by atoms with Gasteiger partial charge in [-0.3, -0.25) is 9.71 Å². The summed E-state index contributed by atoms with van der Waals surface area (Å²) in [5, 5.41) is 8.27. The summed E-state index contributed by atoms with van der Waals surface area (Å²) in [7, 11) is -1.95. The summed E-state index contributed by atoms with van der Waals surface area (Å²) < 4.78 is 44.7. The Hall–Kier alpha value is -3.86. The van der Waals surface area contributed by atoms with Crippen LogP contribution >= 0.6 is 0 Å². The van der Waals surface area contributed by atoms with Crippen LogP contribution in [0, 0.1) is 12.9 Å². The number of aryl methyl sites for hydroxylation is 2. The minimum Gasteiger partial charge on any atom is -0.369 e. The predicted octanol–water partition coefficient (Wildman–Crippen LogP) is 3.90. The molecule has 0 aliphatic carbocycles. The minimum atomic E-state index is -3.89. The van der Waals surface area contributed by atoms with E-state index in [1.807, 2.05) is 17.7 Å². The van der Waals surface area contributed by atoms with E-state index in [-0.39, 0.29) is 10.8 Å². The molecule has 186 valence electrons. The van der Waals surface area contributed by atoms with E-state index < -0.39 is 16.0 Å². The summed E-state index contributed by atoms with van der Waals surface area (Å²) in [6.07, 6.45) is 6.17. The van der Waals surface area contributed by atoms with Crippen molar-refractivity contribution >= 4 is 21.4 Å². The van der Waals surface area contributed by atoms with Gasteiger partial charge < -0.3 is 9.47 Å². The summed E-state index contributed by atoms with van der Waals surface area (Å²) in [5.74, 6) is 0.624. The van der Waals surface area contributed by atoms with Crippen molar-refractivity contribution in [3.63, 3.8) is 0 Å². The quantitative estimate of drug-likeness (QED) is 0.395. The number of hydrogen-bond acceptors (Lipinski definition) is 7. The van der Waals surface area contributed by atoms with Gasteiger partial charge in [-0.15, -0.1) is 10.2 Å². The lowest BCUT2D eigenvalue weighted by atomic mass is 9.94. The lowest BCUT2D eigenvalue weighted by molar-refractivity contribution is 0.474. The lowest BCUT2D eigenvalue weighted by Gasteiger charge is -2.35. The van der Waals surface area contributed by atoms with Crippen molar-refractivity contribution in [1.82, 2.24) is 24.7 Å². The van der Waals surface area contributed by atoms with Crippen LogP contribution in [0.25, 0.3) is 11.1 Å². The van der Waals surface area contributed by atoms with E-state index in [9.17, 15) is 12.8 Å². The number of rotatable bonds is 6. The van der Waals surface area contributed by atoms with Gasteiger partial charge in [-0.05, 0) is 50.1 Å². The molecule has 4 aromatic rings. The molecule has 0 amide bonds. The first-order valence-electron chi connectivity index (χ1n) is 11.6. The Bertz CT molecular complexity index is 1460. The average Bonchev–Trinajstić information content (AvgIpc) is 3.30. The molecule has 4 heterocycles. The van der Waals surface area contributed by atoms with Crippen LogP contribution in [0.4, 0.5) is 15.8 Å². The maximum Gasteiger partial charge on any atom is 0.263 e. The van der Waals surface area contributed by atoms with Crippen LogP contribution < -0.4 is 9.62 Å². The van der Waals surface area contributed by atoms with E-state index in [1.165, 1.54) is 24.5 Å². The van der Waals surface area contributed by atoms with Crippen LogP contribution in [-0.4, -0.2) is 46.2 Å². The fourth-order valence-corrected chi connectivity index (χ4v) is 5.59. The number of nitrogens with zero attached hydrogens (tertiary/aromatic N) is 6. The van der Waals surface area contributed by atoms with Gasteiger partial charge in [0.05, 0.1) is 11.4 Å². The molecule has 0 bridgehead atoms. The zero-order valence-electron chi connectivity index (χ0n) is 20.0. The summed E-state index contributed by atoms with van der Waals surface area (Å²) in [6.45, 7) is 3.17. The third kappa shape index (κ3) is 4.78. The first-order chi connectivity index (χ1) is 17.3. The van der Waals surface area contributed by atoms with E-state index in [2.05, 4.69) is 29.8 Å². The summed E-state index contributed by atoms with van der Waals surface area (Å²) in [4.78, 5) is 10.2. The molecule has 0 unspecified atom stereocenters. The first kappa shape index (κ1) is 23.9. The third-order valence-corrected chi connectivity index (χ3v) is 7.79. The molecular weight excluding hydrogens is 481 g/mol. The first-order valence-corrected chi connectivity index (χ1v) is 13.1. The summed E-state index contributed by atoms with van der Waals surface area (Å²) in [6, 6.07) is 11.6. The largest absolute Gasteiger partial charge is 0.369 e. The van der Waals surface area contributed by atoms with E-state index in [0.717, 1.165) is 35.6 Å². The second-order valence-corrected chi connectivity index (χ2v) is 10.6. The number of para-hydroxylation sites is 1. The van der Waals surface area contributed by atoms with Gasteiger partial charge in [0.1, 0.15) is 17.0 Å². The third-order valence-electron chi connectivity index (χ3n) is 6.44. The van der Waals surface area contributed by atoms with Gasteiger partial charge in [0, 0.05) is 55.3 Å². The number of sulfonamides is 1. The predicted molar refractivity (Wildman–Crippen MR) is 135 cm³/mol. The smallest absolute Gasteiger partial charge is 0.263 e. The molecule has 36 heavy (non-hydrogen) atoms. The van der Waals surface area contributed by atoms with Crippen molar-refractivity contribution < 1.29 is 12.8 Å². The van der Waals surface area contributed by atoms with E-state index in [1.54, 1.807) is 37.5 Å². The molecular formula is C25H26FN7O2S. The molecule has 0 spiro atoms. The van der Waals surface area contributed by atoms with Crippen LogP contribution in [0.3, 0.4) is 0 Å². The molecule has 0 radical (unpaired) electrons. The van der Waals surface area contributed by atoms with Gasteiger partial charge in [0.2, 0.25) is 5.95 Å². The molecule has 0 atom stereocenters. The summed E-state index contributed by atoms with van der Waals surface area (Å²) in [5.41, 5.74) is 3.36. The number of hydrogen-bond donors (Lipinski definition) is 1. The average molecular weight is 508 g/mol. The van der Waals surface area contributed by atoms with Crippen molar-refractivity contribution in [2.45, 2.75) is 30.6 Å². The topological polar surface area (TPSA) is 106 Å². The second-order valence-electron chi connectivity index (χ2n) is 8.87. The SMILES string of the molecule is Cc1ccc(S(=O)(=O)Nc2cccc(-c3ccc(F)nc3)c2N2CCC(c3nncn3C)CC2)cn1. The van der Waals surface area contributed by atoms with Crippen LogP contribution in [0.1, 0.15) is 30.3 Å². The number of halogens is 1. The highest BCUT2D eigenvalue weighted by atomic mass is 32.2. The van der Waals surface area contributed by atoms with E-state index in [4.69, 9.17) is 0 Å². The van der Waals surface area contributed by atoms with Crippen molar-refractivity contribution in [3.05, 3.63) is 78.7 Å². The normalized spacial score (nSPS) is 14.7. The van der Waals surface area contributed by atoms with Crippen molar-refractivity contribution in [3.8, 4) is 11.1 Å². The van der Waals surface area contributed by atoms with Crippen molar-refractivity contribution in [2.24, 2.45) is 7.05 Å². The molecule has 5 rings (SSSR count). The van der Waals surface area contributed by atoms with Gasteiger partial charge in [0.15, 0.2) is 0 Å². The zero-order valence-corrected chi connectivity index (χ0v) is 20.8. The van der Waals surface area contributed by atoms with Gasteiger partial charge in [-0.1, -0.05) is 12.1 Å². The number of nitrogens with one attached hydrogen (secondary N) is 1. The number of benzene rings is 1. The van der Waals surface area contributed by atoms with Crippen molar-refractivity contribution in [2.75, 3.05) is 22.7 Å². The fraction of sp³-hybridized carbons (Fsp3) is 0.280. The molecule has 9 nitrogen and oxygen atoms in total. The monoisotopic (exact) mass is 507 g/mol. The Morgan fingerprint density at radius 2 is 1.83 bits per heavy atom. The Morgan fingerprint density at radius 3 is 2.47 bits per heavy atom. The van der Waals surface area contributed by atoms with Crippen molar-refractivity contribution in [1.29, 1.82) is 0 Å². The molecule has 1 aromatic carbocycles. The highest BCUT2D eigenvalue weighted by Gasteiger charge is 2.28. The van der Waals surface area contributed by atoms with E-state index >= 15 is 0 Å². The Labute approximate surface area is 209 Å². The Morgan fingerprint density at radius 1 is 1.03 bits per heavy atom. The van der Waals surface area contributed by atoms with Crippen LogP contribution in [0.5, 0.6) is 0 Å². The minimum absolute atomic E-state index is 0.0777. The van der Waals surface area contributed by atoms with Crippen LogP contribution in [0.2, 0.25) is 0 Å². The number of aromatic nitrogens is 5. The van der Waals surface area contributed by atoms with Gasteiger partial charge in [-0.25, -0.2) is 13.4 Å². The lowest BCUT2D eigenvalue weighted by Crippen LogP contribution is -2.34. The molecule has 11 heteroatoms. The van der Waals surface area contributed by atoms with Gasteiger partial charge in [-0.2, -0.15) is 4.39 Å². The number of piperidine rings is 1. The number of anilines is 2. The maximum absolute atomic E-state index is 13.6. The Kier molecular flexibility index (Phi) is 6.40. The molecule has 3 aromatic heterocycles. The van der Waals surface area contributed by atoms with Crippen LogP contribution in [-0.2, 0) is 17.1 Å². The molecule has 1 fully saturated rings. The maximum atomic E-state index is 13.6. The molecule has 0 saturated carbocycles. The highest BCUT2D eigenvalue weighted by Crippen LogP contribution is 2.41. The van der Waals surface area contributed by atoms with Crippen LogP contribution in [0.15, 0.2) is 66.1 Å². The standard InChI is InChI=1S/C25H26FN7O2S/c1-17-6-8-20(15-27-17)36(34,35)31-22-5-3-4-21(19-7-9-23(26)28-14-19)24(22)33-12-10-18(11-13-33)25-30-29-16-32(25)2/h3-9,14-16,18,31H,10-13H2,1-2H3. The summed E-state index contributed by atoms with van der Waals surface area (Å²) >= 11 is 0. The molecule has 1 N–H and O–H groups in total. The van der Waals surface area contributed by atoms with Gasteiger partial charge in [0.25, 0.3) is 10.0 Å². The zero-order chi connectivity index (χ0) is 25.3.